The Morgan fingerprint density at radius 2 is 1.76 bits per heavy atom. The Morgan fingerprint density at radius 3 is 2.18 bits per heavy atom. The van der Waals surface area contributed by atoms with Crippen molar-refractivity contribution in [3.05, 3.63) is 15.6 Å². The van der Waals surface area contributed by atoms with Gasteiger partial charge in [0.2, 0.25) is 0 Å². The van der Waals surface area contributed by atoms with Crippen LogP contribution in [-0.4, -0.2) is 55.5 Å². The summed E-state index contributed by atoms with van der Waals surface area (Å²) in [6.07, 6.45) is 0.921. The van der Waals surface area contributed by atoms with E-state index < -0.39 is 0 Å². The van der Waals surface area contributed by atoms with E-state index in [2.05, 4.69) is 23.8 Å². The standard InChI is InChI=1S/C12H22N4S/c1-9-10(2)17-11(14-9)7-8-13-12(15(3)4)16(5)6/h7-8H2,1-6H3. The van der Waals surface area contributed by atoms with Gasteiger partial charge in [-0.05, 0) is 13.8 Å². The van der Waals surface area contributed by atoms with Gasteiger partial charge in [0, 0.05) is 46.0 Å². The fourth-order valence-corrected chi connectivity index (χ4v) is 2.50. The predicted molar refractivity (Wildman–Crippen MR) is 75.0 cm³/mol. The highest BCUT2D eigenvalue weighted by molar-refractivity contribution is 7.11. The maximum absolute atomic E-state index is 4.59. The van der Waals surface area contributed by atoms with Crippen molar-refractivity contribution in [1.29, 1.82) is 0 Å². The molecule has 1 heterocycles. The second-order valence-electron chi connectivity index (χ2n) is 4.47. The van der Waals surface area contributed by atoms with Gasteiger partial charge in [-0.15, -0.1) is 11.3 Å². The number of aromatic nitrogens is 1. The average molecular weight is 254 g/mol. The first-order valence-electron chi connectivity index (χ1n) is 5.73. The molecule has 0 fully saturated rings. The Bertz CT molecular complexity index is 364. The monoisotopic (exact) mass is 254 g/mol. The average Bonchev–Trinajstić information content (AvgIpc) is 2.52. The van der Waals surface area contributed by atoms with Gasteiger partial charge in [0.05, 0.1) is 10.7 Å². The molecule has 0 aliphatic rings. The van der Waals surface area contributed by atoms with E-state index in [-0.39, 0.29) is 0 Å². The summed E-state index contributed by atoms with van der Waals surface area (Å²) < 4.78 is 0. The number of guanidine groups is 1. The SMILES string of the molecule is Cc1nc(CCN=C(N(C)C)N(C)C)sc1C. The summed E-state index contributed by atoms with van der Waals surface area (Å²) in [6, 6.07) is 0. The molecule has 0 atom stereocenters. The van der Waals surface area contributed by atoms with Crippen molar-refractivity contribution in [2.75, 3.05) is 34.7 Å². The number of rotatable bonds is 3. The maximum atomic E-state index is 4.59. The topological polar surface area (TPSA) is 31.7 Å². The fraction of sp³-hybridized carbons (Fsp3) is 0.667. The first kappa shape index (κ1) is 14.0. The van der Waals surface area contributed by atoms with E-state index in [9.17, 15) is 0 Å². The van der Waals surface area contributed by atoms with E-state index in [0.29, 0.717) is 0 Å². The first-order chi connectivity index (χ1) is 7.91. The number of aryl methyl sites for hydroxylation is 2. The second-order valence-corrected chi connectivity index (χ2v) is 5.76. The summed E-state index contributed by atoms with van der Waals surface area (Å²) in [5, 5.41) is 1.18. The highest BCUT2D eigenvalue weighted by Crippen LogP contribution is 2.16. The van der Waals surface area contributed by atoms with E-state index in [1.165, 1.54) is 9.88 Å². The first-order valence-corrected chi connectivity index (χ1v) is 6.55. The summed E-state index contributed by atoms with van der Waals surface area (Å²) >= 11 is 1.78. The number of aliphatic imine (C=N–C) groups is 1. The van der Waals surface area contributed by atoms with E-state index in [0.717, 1.165) is 24.6 Å². The Morgan fingerprint density at radius 1 is 1.18 bits per heavy atom. The zero-order valence-electron chi connectivity index (χ0n) is 11.6. The third-order valence-electron chi connectivity index (χ3n) is 2.45. The molecule has 96 valence electrons. The Hall–Kier alpha value is -1.10. The van der Waals surface area contributed by atoms with Gasteiger partial charge >= 0.3 is 0 Å². The molecule has 0 spiro atoms. The minimum atomic E-state index is 0.790. The molecule has 1 aromatic rings. The Kier molecular flexibility index (Phi) is 4.93. The van der Waals surface area contributed by atoms with Crippen LogP contribution >= 0.6 is 11.3 Å². The molecule has 0 saturated carbocycles. The zero-order chi connectivity index (χ0) is 13.0. The molecule has 0 N–H and O–H groups in total. The summed E-state index contributed by atoms with van der Waals surface area (Å²) in [5.74, 6) is 0.995. The summed E-state index contributed by atoms with van der Waals surface area (Å²) in [5.41, 5.74) is 1.15. The number of hydrogen-bond donors (Lipinski definition) is 0. The van der Waals surface area contributed by atoms with Crippen molar-refractivity contribution in [3.63, 3.8) is 0 Å². The van der Waals surface area contributed by atoms with Crippen molar-refractivity contribution >= 4 is 17.3 Å². The molecule has 0 bridgehead atoms. The number of hydrogen-bond acceptors (Lipinski definition) is 3. The van der Waals surface area contributed by atoms with Gasteiger partial charge in [0.1, 0.15) is 0 Å². The molecule has 4 nitrogen and oxygen atoms in total. The minimum absolute atomic E-state index is 0.790. The van der Waals surface area contributed by atoms with Crippen LogP contribution in [0.3, 0.4) is 0 Å². The molecule has 0 unspecified atom stereocenters. The molecular formula is C12H22N4S. The van der Waals surface area contributed by atoms with Gasteiger partial charge in [-0.1, -0.05) is 0 Å². The van der Waals surface area contributed by atoms with E-state index in [1.54, 1.807) is 11.3 Å². The largest absolute Gasteiger partial charge is 0.349 e. The van der Waals surface area contributed by atoms with Crippen molar-refractivity contribution in [2.45, 2.75) is 20.3 Å². The molecule has 1 rings (SSSR count). The lowest BCUT2D eigenvalue weighted by atomic mass is 10.4. The zero-order valence-corrected chi connectivity index (χ0v) is 12.4. The number of thiazole rings is 1. The molecule has 0 amide bonds. The van der Waals surface area contributed by atoms with Crippen LogP contribution in [-0.2, 0) is 6.42 Å². The molecular weight excluding hydrogens is 232 g/mol. The molecule has 0 saturated heterocycles. The van der Waals surface area contributed by atoms with E-state index in [1.807, 2.05) is 38.0 Å². The van der Waals surface area contributed by atoms with E-state index in [4.69, 9.17) is 0 Å². The molecule has 0 aromatic carbocycles. The Balaban J connectivity index is 2.58. The fourth-order valence-electron chi connectivity index (χ4n) is 1.58. The van der Waals surface area contributed by atoms with Crippen molar-refractivity contribution in [1.82, 2.24) is 14.8 Å². The lowest BCUT2D eigenvalue weighted by molar-refractivity contribution is 0.479. The highest BCUT2D eigenvalue weighted by Gasteiger charge is 2.05. The summed E-state index contributed by atoms with van der Waals surface area (Å²) in [7, 11) is 8.04. The van der Waals surface area contributed by atoms with Gasteiger partial charge < -0.3 is 9.80 Å². The highest BCUT2D eigenvalue weighted by atomic mass is 32.1. The van der Waals surface area contributed by atoms with Crippen LogP contribution in [0.1, 0.15) is 15.6 Å². The van der Waals surface area contributed by atoms with E-state index >= 15 is 0 Å². The molecule has 17 heavy (non-hydrogen) atoms. The van der Waals surface area contributed by atoms with Crippen LogP contribution in [0.25, 0.3) is 0 Å². The molecule has 5 heteroatoms. The van der Waals surface area contributed by atoms with Crippen molar-refractivity contribution in [3.8, 4) is 0 Å². The van der Waals surface area contributed by atoms with Crippen molar-refractivity contribution < 1.29 is 0 Å². The summed E-state index contributed by atoms with van der Waals surface area (Å²) in [4.78, 5) is 14.5. The van der Waals surface area contributed by atoms with Crippen LogP contribution in [0.5, 0.6) is 0 Å². The normalized spacial score (nSPS) is 10.2. The molecule has 0 aliphatic carbocycles. The lowest BCUT2D eigenvalue weighted by Crippen LogP contribution is -2.35. The van der Waals surface area contributed by atoms with Crippen LogP contribution in [0.15, 0.2) is 4.99 Å². The minimum Gasteiger partial charge on any atom is -0.349 e. The third kappa shape index (κ3) is 4.00. The van der Waals surface area contributed by atoms with Gasteiger partial charge in [-0.2, -0.15) is 0 Å². The lowest BCUT2D eigenvalue weighted by Gasteiger charge is -2.22. The second kappa shape index (κ2) is 6.00. The van der Waals surface area contributed by atoms with Crippen LogP contribution in [0, 0.1) is 13.8 Å². The van der Waals surface area contributed by atoms with Gasteiger partial charge in [0.25, 0.3) is 0 Å². The maximum Gasteiger partial charge on any atom is 0.195 e. The molecule has 0 aliphatic heterocycles. The van der Waals surface area contributed by atoms with Crippen LogP contribution in [0.2, 0.25) is 0 Å². The molecule has 0 radical (unpaired) electrons. The van der Waals surface area contributed by atoms with Gasteiger partial charge in [0.15, 0.2) is 5.96 Å². The smallest absolute Gasteiger partial charge is 0.195 e. The van der Waals surface area contributed by atoms with Crippen molar-refractivity contribution in [2.24, 2.45) is 4.99 Å². The van der Waals surface area contributed by atoms with Crippen LogP contribution < -0.4 is 0 Å². The quantitative estimate of drug-likeness (QED) is 0.609. The molecule has 1 aromatic heterocycles. The van der Waals surface area contributed by atoms with Gasteiger partial charge in [-0.25, -0.2) is 4.98 Å². The van der Waals surface area contributed by atoms with Gasteiger partial charge in [-0.3, -0.25) is 4.99 Å². The number of nitrogens with zero attached hydrogens (tertiary/aromatic N) is 4. The third-order valence-corrected chi connectivity index (χ3v) is 3.58. The summed E-state index contributed by atoms with van der Waals surface area (Å²) in [6.45, 7) is 4.96. The predicted octanol–water partition coefficient (Wildman–Crippen LogP) is 1.78. The van der Waals surface area contributed by atoms with Crippen LogP contribution in [0.4, 0.5) is 0 Å². The Labute approximate surface area is 108 Å².